The zero-order valence-electron chi connectivity index (χ0n) is 11.9. The Hall–Kier alpha value is -2.35. The number of rotatable bonds is 3. The number of hydrogen-bond acceptors (Lipinski definition) is 4. The van der Waals surface area contributed by atoms with Crippen LogP contribution in [0.5, 0.6) is 0 Å². The summed E-state index contributed by atoms with van der Waals surface area (Å²) in [5.41, 5.74) is 1.31. The number of nitrogens with zero attached hydrogens (tertiary/aromatic N) is 3. The molecule has 0 spiro atoms. The third-order valence-corrected chi connectivity index (χ3v) is 3.53. The number of alkyl halides is 2. The highest BCUT2D eigenvalue weighted by atomic mass is 19.3. The fraction of sp³-hybridized carbons (Fsp3) is 0.357. The van der Waals surface area contributed by atoms with E-state index in [-0.39, 0.29) is 0 Å². The highest BCUT2D eigenvalue weighted by molar-refractivity contribution is 5.95. The number of anilines is 1. The van der Waals surface area contributed by atoms with Crippen LogP contribution in [0, 0.1) is 0 Å². The molecule has 3 rings (SSSR count). The minimum Gasteiger partial charge on any atom is -0.325 e. The summed E-state index contributed by atoms with van der Waals surface area (Å²) in [5, 5.41) is 13.0. The Bertz CT molecular complexity index is 700. The molecular weight excluding hydrogens is 292 g/mol. The van der Waals surface area contributed by atoms with Crippen LogP contribution in [0.4, 0.5) is 14.5 Å². The smallest absolute Gasteiger partial charge is 0.262 e. The van der Waals surface area contributed by atoms with Crippen LogP contribution in [-0.2, 0) is 11.8 Å². The number of aromatic nitrogens is 3. The zero-order valence-corrected chi connectivity index (χ0v) is 11.9. The Morgan fingerprint density at radius 1 is 1.50 bits per heavy atom. The van der Waals surface area contributed by atoms with Crippen molar-refractivity contribution in [2.75, 3.05) is 11.9 Å². The zero-order chi connectivity index (χ0) is 15.7. The van der Waals surface area contributed by atoms with Crippen LogP contribution in [0.2, 0.25) is 0 Å². The van der Waals surface area contributed by atoms with Crippen molar-refractivity contribution in [1.29, 1.82) is 0 Å². The molecule has 1 aliphatic heterocycles. The number of halogens is 2. The molecule has 1 aliphatic rings. The lowest BCUT2D eigenvalue weighted by molar-refractivity contribution is -0.118. The van der Waals surface area contributed by atoms with Crippen molar-refractivity contribution in [3.8, 4) is 11.4 Å². The molecule has 0 aliphatic carbocycles. The molecule has 1 aromatic carbocycles. The van der Waals surface area contributed by atoms with E-state index in [1.54, 1.807) is 29.1 Å². The van der Waals surface area contributed by atoms with Gasteiger partial charge in [0, 0.05) is 24.7 Å². The third kappa shape index (κ3) is 2.96. The van der Waals surface area contributed by atoms with Crippen LogP contribution in [0.15, 0.2) is 30.6 Å². The number of carbonyl (C=O) groups excluding carboxylic acids is 1. The first-order valence-electron chi connectivity index (χ1n) is 6.81. The van der Waals surface area contributed by atoms with E-state index in [9.17, 15) is 13.6 Å². The molecule has 2 aromatic rings. The van der Waals surface area contributed by atoms with Gasteiger partial charge in [-0.15, -0.1) is 10.2 Å². The molecule has 1 fully saturated rings. The summed E-state index contributed by atoms with van der Waals surface area (Å²) in [4.78, 5) is 12.0. The molecule has 1 amide bonds. The van der Waals surface area contributed by atoms with Gasteiger partial charge in [0.1, 0.15) is 6.33 Å². The molecule has 1 aromatic heterocycles. The van der Waals surface area contributed by atoms with Crippen molar-refractivity contribution in [1.82, 2.24) is 20.1 Å². The lowest BCUT2D eigenvalue weighted by Gasteiger charge is -2.12. The molecule has 22 heavy (non-hydrogen) atoms. The van der Waals surface area contributed by atoms with Crippen LogP contribution in [0.3, 0.4) is 0 Å². The Labute approximate surface area is 125 Å². The van der Waals surface area contributed by atoms with Crippen LogP contribution >= 0.6 is 0 Å². The average molecular weight is 307 g/mol. The molecule has 2 N–H and O–H groups in total. The molecule has 6 nitrogen and oxygen atoms in total. The van der Waals surface area contributed by atoms with Gasteiger partial charge in [-0.2, -0.15) is 0 Å². The van der Waals surface area contributed by atoms with Gasteiger partial charge in [0.25, 0.3) is 5.92 Å². The molecule has 0 bridgehead atoms. The number of aryl methyl sites for hydroxylation is 1. The molecule has 2 heterocycles. The van der Waals surface area contributed by atoms with Crippen LogP contribution in [-0.4, -0.2) is 39.2 Å². The van der Waals surface area contributed by atoms with Crippen molar-refractivity contribution in [2.24, 2.45) is 7.05 Å². The number of carbonyl (C=O) groups is 1. The van der Waals surface area contributed by atoms with Gasteiger partial charge in [0.2, 0.25) is 5.91 Å². The maximum absolute atomic E-state index is 13.1. The molecule has 1 unspecified atom stereocenters. The first-order valence-corrected chi connectivity index (χ1v) is 6.81. The predicted octanol–water partition coefficient (Wildman–Crippen LogP) is 1.42. The van der Waals surface area contributed by atoms with Crippen LogP contribution in [0.1, 0.15) is 6.42 Å². The second-order valence-corrected chi connectivity index (χ2v) is 5.33. The largest absolute Gasteiger partial charge is 0.325 e. The topological polar surface area (TPSA) is 71.8 Å². The van der Waals surface area contributed by atoms with Gasteiger partial charge in [-0.25, -0.2) is 8.78 Å². The molecule has 1 saturated heterocycles. The summed E-state index contributed by atoms with van der Waals surface area (Å²) in [5.74, 6) is -2.64. The maximum Gasteiger partial charge on any atom is 0.262 e. The van der Waals surface area contributed by atoms with E-state index in [1.807, 2.05) is 13.1 Å². The van der Waals surface area contributed by atoms with Gasteiger partial charge in [0.05, 0.1) is 12.6 Å². The summed E-state index contributed by atoms with van der Waals surface area (Å²) in [6, 6.07) is 6.14. The normalized spacial score (nSPS) is 20.0. The molecule has 0 saturated carbocycles. The van der Waals surface area contributed by atoms with Crippen molar-refractivity contribution >= 4 is 11.6 Å². The van der Waals surface area contributed by atoms with E-state index in [4.69, 9.17) is 0 Å². The van der Waals surface area contributed by atoms with Crippen LogP contribution in [0.25, 0.3) is 11.4 Å². The van der Waals surface area contributed by atoms with Crippen molar-refractivity contribution in [3.05, 3.63) is 30.6 Å². The number of benzene rings is 1. The van der Waals surface area contributed by atoms with E-state index >= 15 is 0 Å². The molecule has 0 radical (unpaired) electrons. The van der Waals surface area contributed by atoms with E-state index in [2.05, 4.69) is 20.8 Å². The first kappa shape index (κ1) is 14.6. The molecule has 8 heteroatoms. The monoisotopic (exact) mass is 307 g/mol. The van der Waals surface area contributed by atoms with Gasteiger partial charge < -0.3 is 9.88 Å². The van der Waals surface area contributed by atoms with Gasteiger partial charge >= 0.3 is 0 Å². The van der Waals surface area contributed by atoms with Gasteiger partial charge in [-0.1, -0.05) is 12.1 Å². The predicted molar refractivity (Wildman–Crippen MR) is 76.4 cm³/mol. The van der Waals surface area contributed by atoms with Gasteiger partial charge in [-0.05, 0) is 12.1 Å². The van der Waals surface area contributed by atoms with Gasteiger partial charge in [-0.3, -0.25) is 10.1 Å². The second-order valence-electron chi connectivity index (χ2n) is 5.33. The Morgan fingerprint density at radius 3 is 2.95 bits per heavy atom. The quantitative estimate of drug-likeness (QED) is 0.899. The van der Waals surface area contributed by atoms with Crippen molar-refractivity contribution in [3.63, 3.8) is 0 Å². The van der Waals surface area contributed by atoms with Crippen LogP contribution < -0.4 is 10.6 Å². The van der Waals surface area contributed by atoms with Crippen molar-refractivity contribution in [2.45, 2.75) is 18.4 Å². The first-order chi connectivity index (χ1) is 10.4. The summed E-state index contributed by atoms with van der Waals surface area (Å²) in [7, 11) is 1.81. The van der Waals surface area contributed by atoms with E-state index in [1.165, 1.54) is 0 Å². The number of amides is 1. The minimum atomic E-state index is -2.83. The Morgan fingerprint density at radius 2 is 2.32 bits per heavy atom. The maximum atomic E-state index is 13.1. The number of hydrogen-bond donors (Lipinski definition) is 2. The number of nitrogens with one attached hydrogen (secondary N) is 2. The fourth-order valence-electron chi connectivity index (χ4n) is 2.41. The summed E-state index contributed by atoms with van der Waals surface area (Å²) in [6.07, 6.45) is 1.09. The van der Waals surface area contributed by atoms with Gasteiger partial charge in [0.15, 0.2) is 5.82 Å². The Kier molecular flexibility index (Phi) is 3.61. The highest BCUT2D eigenvalue weighted by Gasteiger charge is 2.42. The molecule has 1 atom stereocenters. The molecule has 116 valence electrons. The van der Waals surface area contributed by atoms with E-state index < -0.39 is 30.8 Å². The Balaban J connectivity index is 1.74. The summed E-state index contributed by atoms with van der Waals surface area (Å²) in [6.45, 7) is -0.468. The summed E-state index contributed by atoms with van der Waals surface area (Å²) < 4.78 is 28.0. The molecular formula is C14H15F2N5O. The van der Waals surface area contributed by atoms with E-state index in [0.29, 0.717) is 11.5 Å². The lowest BCUT2D eigenvalue weighted by Crippen LogP contribution is -2.35. The lowest BCUT2D eigenvalue weighted by atomic mass is 10.1. The SMILES string of the molecule is Cn1cnnc1-c1cccc(NC(=O)C2CC(F)(F)CN2)c1. The average Bonchev–Trinajstić information content (AvgIpc) is 3.05. The third-order valence-electron chi connectivity index (χ3n) is 3.53. The van der Waals surface area contributed by atoms with E-state index in [0.717, 1.165) is 5.56 Å². The highest BCUT2D eigenvalue weighted by Crippen LogP contribution is 2.26. The minimum absolute atomic E-state index is 0.465. The van der Waals surface area contributed by atoms with Crippen molar-refractivity contribution < 1.29 is 13.6 Å². The standard InChI is InChI=1S/C14H15F2N5O/c1-21-8-18-20-12(21)9-3-2-4-10(5-9)19-13(22)11-6-14(15,16)7-17-11/h2-5,8,11,17H,6-7H2,1H3,(H,19,22). The second kappa shape index (κ2) is 5.45. The fourth-order valence-corrected chi connectivity index (χ4v) is 2.41. The summed E-state index contributed by atoms with van der Waals surface area (Å²) >= 11 is 0.